The quantitative estimate of drug-likeness (QED) is 0.447. The van der Waals surface area contributed by atoms with Gasteiger partial charge in [-0.3, -0.25) is 14.5 Å². The van der Waals surface area contributed by atoms with Crippen molar-refractivity contribution in [3.8, 4) is 11.1 Å². The number of imide groups is 1. The minimum atomic E-state index is -4.49. The molecule has 0 N–H and O–H groups in total. The lowest BCUT2D eigenvalue weighted by Gasteiger charge is -2.42. The van der Waals surface area contributed by atoms with E-state index in [-0.39, 0.29) is 39.8 Å². The molecule has 1 aliphatic heterocycles. The number of amides is 2. The number of thioether (sulfide) groups is 1. The van der Waals surface area contributed by atoms with Crippen LogP contribution >= 0.6 is 11.8 Å². The minimum Gasteiger partial charge on any atom is -0.273 e. The molecule has 34 heavy (non-hydrogen) atoms. The number of hydrogen-bond acceptors (Lipinski definition) is 3. The van der Waals surface area contributed by atoms with Gasteiger partial charge in [-0.05, 0) is 75.6 Å². The Kier molecular flexibility index (Phi) is 6.16. The van der Waals surface area contributed by atoms with Gasteiger partial charge in [-0.25, -0.2) is 0 Å². The average molecular weight is 490 g/mol. The highest BCUT2D eigenvalue weighted by Gasteiger charge is 2.42. The van der Waals surface area contributed by atoms with Gasteiger partial charge in [0, 0.05) is 0 Å². The van der Waals surface area contributed by atoms with Crippen molar-refractivity contribution in [1.82, 2.24) is 4.90 Å². The van der Waals surface area contributed by atoms with Crippen molar-refractivity contribution in [2.75, 3.05) is 5.75 Å². The van der Waals surface area contributed by atoms with Crippen molar-refractivity contribution in [3.63, 3.8) is 0 Å². The summed E-state index contributed by atoms with van der Waals surface area (Å²) >= 11 is 0.972. The largest absolute Gasteiger partial charge is 0.417 e. The molecule has 0 saturated carbocycles. The van der Waals surface area contributed by atoms with Gasteiger partial charge < -0.3 is 0 Å². The first-order valence-corrected chi connectivity index (χ1v) is 12.6. The lowest BCUT2D eigenvalue weighted by molar-refractivity contribution is -0.137. The summed E-state index contributed by atoms with van der Waals surface area (Å²) in [5.41, 5.74) is 2.85. The number of aryl methyl sites for hydroxylation is 1. The maximum atomic E-state index is 14.3. The molecule has 0 bridgehead atoms. The van der Waals surface area contributed by atoms with Gasteiger partial charge in [0.25, 0.3) is 5.24 Å². The first-order chi connectivity index (χ1) is 15.7. The van der Waals surface area contributed by atoms with Crippen LogP contribution in [0.15, 0.2) is 30.3 Å². The monoisotopic (exact) mass is 489 g/mol. The van der Waals surface area contributed by atoms with Gasteiger partial charge in [0.15, 0.2) is 0 Å². The number of benzene rings is 2. The fourth-order valence-electron chi connectivity index (χ4n) is 5.09. The van der Waals surface area contributed by atoms with E-state index in [0.29, 0.717) is 12.0 Å². The summed E-state index contributed by atoms with van der Waals surface area (Å²) in [5.74, 6) is -0.107. The molecule has 0 spiro atoms. The summed E-state index contributed by atoms with van der Waals surface area (Å²) < 4.78 is 43.0. The van der Waals surface area contributed by atoms with E-state index in [9.17, 15) is 22.8 Å². The predicted molar refractivity (Wildman–Crippen MR) is 130 cm³/mol. The van der Waals surface area contributed by atoms with Crippen LogP contribution in [0.3, 0.4) is 0 Å². The first-order valence-electron chi connectivity index (χ1n) is 11.6. The van der Waals surface area contributed by atoms with Crippen molar-refractivity contribution in [3.05, 3.63) is 58.1 Å². The van der Waals surface area contributed by atoms with Crippen LogP contribution in [0.2, 0.25) is 0 Å². The normalized spacial score (nSPS) is 19.5. The van der Waals surface area contributed by atoms with E-state index in [4.69, 9.17) is 0 Å². The second-order valence-corrected chi connectivity index (χ2v) is 11.5. The van der Waals surface area contributed by atoms with E-state index in [1.807, 2.05) is 26.8 Å². The van der Waals surface area contributed by atoms with Crippen molar-refractivity contribution in [2.24, 2.45) is 0 Å². The fraction of sp³-hybridized carbons (Fsp3) is 0.481. The topological polar surface area (TPSA) is 37.4 Å². The molecule has 1 fully saturated rings. The second kappa shape index (κ2) is 8.43. The van der Waals surface area contributed by atoms with E-state index in [1.165, 1.54) is 11.0 Å². The molecule has 7 heteroatoms. The van der Waals surface area contributed by atoms with Gasteiger partial charge in [0.05, 0.1) is 17.9 Å². The highest BCUT2D eigenvalue weighted by molar-refractivity contribution is 8.14. The van der Waals surface area contributed by atoms with E-state index < -0.39 is 11.7 Å². The van der Waals surface area contributed by atoms with Crippen molar-refractivity contribution >= 4 is 22.9 Å². The molecule has 2 aliphatic rings. The Morgan fingerprint density at radius 2 is 1.56 bits per heavy atom. The zero-order chi connectivity index (χ0) is 25.1. The molecule has 4 rings (SSSR count). The third kappa shape index (κ3) is 4.39. The Labute approximate surface area is 203 Å². The van der Waals surface area contributed by atoms with Crippen LogP contribution in [0.1, 0.15) is 75.3 Å². The molecular formula is C27H30F3NO2S. The summed E-state index contributed by atoms with van der Waals surface area (Å²) in [5, 5.41) is -0.286. The van der Waals surface area contributed by atoms with Gasteiger partial charge in [-0.2, -0.15) is 13.2 Å². The Balaban J connectivity index is 1.86. The molecule has 2 aromatic carbocycles. The number of halogens is 3. The smallest absolute Gasteiger partial charge is 0.273 e. The summed E-state index contributed by atoms with van der Waals surface area (Å²) in [4.78, 5) is 25.2. The molecule has 1 heterocycles. The molecule has 1 aliphatic carbocycles. The van der Waals surface area contributed by atoms with E-state index in [2.05, 4.69) is 13.8 Å². The molecule has 1 saturated heterocycles. The van der Waals surface area contributed by atoms with Crippen LogP contribution < -0.4 is 0 Å². The molecule has 2 amide bonds. The van der Waals surface area contributed by atoms with Gasteiger partial charge in [0.2, 0.25) is 5.91 Å². The number of carbonyl (C=O) groups is 2. The standard InChI is InChI=1S/C27H30F3NO2S/c1-6-17-11-16(14-31-23(32)15-34-24(31)33)7-8-18(17)19-12-21-22(13-20(19)27(28,29)30)26(4,5)10-9-25(21,2)3/h7-8,11-13H,6,9-10,14-15H2,1-5H3. The van der Waals surface area contributed by atoms with Crippen LogP contribution in [0.5, 0.6) is 0 Å². The number of hydrogen-bond donors (Lipinski definition) is 0. The number of fused-ring (bicyclic) bond motifs is 1. The lowest BCUT2D eigenvalue weighted by atomic mass is 9.62. The molecule has 0 radical (unpaired) electrons. The Hall–Kier alpha value is -2.28. The number of carbonyl (C=O) groups excluding carboxylic acids is 2. The van der Waals surface area contributed by atoms with E-state index in [0.717, 1.165) is 46.9 Å². The van der Waals surface area contributed by atoms with Crippen LogP contribution in [0, 0.1) is 0 Å². The van der Waals surface area contributed by atoms with Crippen molar-refractivity contribution < 1.29 is 22.8 Å². The van der Waals surface area contributed by atoms with Crippen LogP contribution in [0.25, 0.3) is 11.1 Å². The number of alkyl halides is 3. The van der Waals surface area contributed by atoms with Crippen LogP contribution in [-0.4, -0.2) is 21.8 Å². The zero-order valence-electron chi connectivity index (χ0n) is 20.2. The van der Waals surface area contributed by atoms with Gasteiger partial charge in [-0.1, -0.05) is 64.6 Å². The summed E-state index contributed by atoms with van der Waals surface area (Å²) in [6, 6.07) is 8.40. The Morgan fingerprint density at radius 3 is 2.09 bits per heavy atom. The third-order valence-electron chi connectivity index (χ3n) is 7.32. The maximum absolute atomic E-state index is 14.3. The summed E-state index contributed by atoms with van der Waals surface area (Å²) in [6.07, 6.45) is -2.21. The molecule has 182 valence electrons. The minimum absolute atomic E-state index is 0.133. The predicted octanol–water partition coefficient (Wildman–Crippen LogP) is 7.48. The second-order valence-electron chi connectivity index (χ2n) is 10.6. The highest BCUT2D eigenvalue weighted by Crippen LogP contribution is 2.50. The Bertz CT molecular complexity index is 1150. The number of nitrogens with zero attached hydrogens (tertiary/aromatic N) is 1. The van der Waals surface area contributed by atoms with Crippen molar-refractivity contribution in [2.45, 2.75) is 77.4 Å². The fourth-order valence-corrected chi connectivity index (χ4v) is 5.81. The van der Waals surface area contributed by atoms with Crippen LogP contribution in [-0.2, 0) is 34.8 Å². The summed E-state index contributed by atoms with van der Waals surface area (Å²) in [7, 11) is 0. The highest BCUT2D eigenvalue weighted by atomic mass is 32.2. The SMILES string of the molecule is CCc1cc(CN2C(=O)CSC2=O)ccc1-c1cc2c(cc1C(F)(F)F)C(C)(C)CCC2(C)C. The Morgan fingerprint density at radius 1 is 0.941 bits per heavy atom. The van der Waals surface area contributed by atoms with E-state index >= 15 is 0 Å². The molecule has 0 aromatic heterocycles. The molecule has 2 aromatic rings. The molecule has 3 nitrogen and oxygen atoms in total. The van der Waals surface area contributed by atoms with Crippen molar-refractivity contribution in [1.29, 1.82) is 0 Å². The zero-order valence-corrected chi connectivity index (χ0v) is 21.0. The number of rotatable bonds is 4. The van der Waals surface area contributed by atoms with E-state index in [1.54, 1.807) is 18.2 Å². The summed E-state index contributed by atoms with van der Waals surface area (Å²) in [6.45, 7) is 10.3. The van der Waals surface area contributed by atoms with Gasteiger partial charge in [0.1, 0.15) is 0 Å². The van der Waals surface area contributed by atoms with Gasteiger partial charge in [-0.15, -0.1) is 0 Å². The lowest BCUT2D eigenvalue weighted by Crippen LogP contribution is -2.34. The van der Waals surface area contributed by atoms with Gasteiger partial charge >= 0.3 is 6.18 Å². The average Bonchev–Trinajstić information content (AvgIpc) is 3.07. The molecule has 0 atom stereocenters. The third-order valence-corrected chi connectivity index (χ3v) is 8.18. The molecule has 0 unspecified atom stereocenters. The van der Waals surface area contributed by atoms with Crippen LogP contribution in [0.4, 0.5) is 18.0 Å². The maximum Gasteiger partial charge on any atom is 0.417 e. The molecular weight excluding hydrogens is 459 g/mol. The first kappa shape index (κ1) is 24.8.